The Balaban J connectivity index is 2.79. The standard InChI is InChI=1S/C10H10ClFINO2/c1-16-3-2-14-10(15)6-4-9(13)8(12)5-7(6)11/h4-5H,2-3H2,1H3,(H,14,15). The van der Waals surface area contributed by atoms with Crippen molar-refractivity contribution in [1.82, 2.24) is 5.32 Å². The van der Waals surface area contributed by atoms with Gasteiger partial charge in [0, 0.05) is 17.2 Å². The topological polar surface area (TPSA) is 38.3 Å². The van der Waals surface area contributed by atoms with Gasteiger partial charge in [0.15, 0.2) is 0 Å². The second kappa shape index (κ2) is 6.36. The number of methoxy groups -OCH3 is 1. The molecule has 88 valence electrons. The number of rotatable bonds is 4. The molecule has 1 aromatic rings. The summed E-state index contributed by atoms with van der Waals surface area (Å²) in [6, 6.07) is 2.55. The number of hydrogen-bond acceptors (Lipinski definition) is 2. The molecule has 16 heavy (non-hydrogen) atoms. The third kappa shape index (κ3) is 3.57. The molecular formula is C10H10ClFINO2. The molecular weight excluding hydrogens is 347 g/mol. The molecule has 0 heterocycles. The predicted molar refractivity (Wildman–Crippen MR) is 68.3 cm³/mol. The summed E-state index contributed by atoms with van der Waals surface area (Å²) in [5, 5.41) is 2.72. The van der Waals surface area contributed by atoms with E-state index in [1.54, 1.807) is 29.7 Å². The van der Waals surface area contributed by atoms with E-state index in [0.29, 0.717) is 16.7 Å². The predicted octanol–water partition coefficient (Wildman–Crippen LogP) is 2.46. The van der Waals surface area contributed by atoms with Crippen molar-refractivity contribution in [3.05, 3.63) is 32.1 Å². The van der Waals surface area contributed by atoms with E-state index >= 15 is 0 Å². The molecule has 3 nitrogen and oxygen atoms in total. The highest BCUT2D eigenvalue weighted by atomic mass is 127. The molecule has 1 aromatic carbocycles. The second-order valence-corrected chi connectivity index (χ2v) is 4.56. The summed E-state index contributed by atoms with van der Waals surface area (Å²) in [6.07, 6.45) is 0. The molecule has 0 unspecified atom stereocenters. The van der Waals surface area contributed by atoms with Crippen LogP contribution in [0.5, 0.6) is 0 Å². The van der Waals surface area contributed by atoms with Crippen LogP contribution < -0.4 is 5.32 Å². The van der Waals surface area contributed by atoms with Crippen molar-refractivity contribution >= 4 is 40.1 Å². The minimum Gasteiger partial charge on any atom is -0.383 e. The molecule has 0 radical (unpaired) electrons. The molecule has 6 heteroatoms. The van der Waals surface area contributed by atoms with Crippen LogP contribution in [0.25, 0.3) is 0 Å². The van der Waals surface area contributed by atoms with Crippen molar-refractivity contribution < 1.29 is 13.9 Å². The Labute approximate surface area is 111 Å². The molecule has 0 aliphatic heterocycles. The summed E-state index contributed by atoms with van der Waals surface area (Å²) in [4.78, 5) is 11.6. The lowest BCUT2D eigenvalue weighted by Gasteiger charge is -2.07. The molecule has 0 bridgehead atoms. The number of carbonyl (C=O) groups is 1. The highest BCUT2D eigenvalue weighted by molar-refractivity contribution is 14.1. The van der Waals surface area contributed by atoms with Gasteiger partial charge in [0.1, 0.15) is 5.82 Å². The van der Waals surface area contributed by atoms with E-state index in [0.717, 1.165) is 6.07 Å². The van der Waals surface area contributed by atoms with Gasteiger partial charge in [-0.25, -0.2) is 4.39 Å². The number of nitrogens with one attached hydrogen (secondary N) is 1. The molecule has 0 fully saturated rings. The fourth-order valence-corrected chi connectivity index (χ4v) is 1.76. The first-order chi connectivity index (χ1) is 7.56. The summed E-state index contributed by atoms with van der Waals surface area (Å²) in [7, 11) is 1.54. The van der Waals surface area contributed by atoms with E-state index in [1.165, 1.54) is 6.07 Å². The van der Waals surface area contributed by atoms with Gasteiger partial charge in [-0.3, -0.25) is 4.79 Å². The first-order valence-electron chi connectivity index (χ1n) is 4.48. The summed E-state index contributed by atoms with van der Waals surface area (Å²) in [5.41, 5.74) is 0.267. The first-order valence-corrected chi connectivity index (χ1v) is 5.93. The van der Waals surface area contributed by atoms with Crippen molar-refractivity contribution in [3.8, 4) is 0 Å². The van der Waals surface area contributed by atoms with Crippen molar-refractivity contribution in [1.29, 1.82) is 0 Å². The van der Waals surface area contributed by atoms with E-state index in [-0.39, 0.29) is 16.5 Å². The lowest BCUT2D eigenvalue weighted by Crippen LogP contribution is -2.27. The Morgan fingerprint density at radius 1 is 1.62 bits per heavy atom. The molecule has 0 aromatic heterocycles. The van der Waals surface area contributed by atoms with E-state index in [9.17, 15) is 9.18 Å². The van der Waals surface area contributed by atoms with Gasteiger partial charge in [-0.2, -0.15) is 0 Å². The molecule has 0 saturated heterocycles. The van der Waals surface area contributed by atoms with E-state index in [2.05, 4.69) is 5.32 Å². The van der Waals surface area contributed by atoms with Gasteiger partial charge < -0.3 is 10.1 Å². The zero-order valence-electron chi connectivity index (χ0n) is 8.52. The monoisotopic (exact) mass is 357 g/mol. The van der Waals surface area contributed by atoms with E-state index < -0.39 is 5.82 Å². The van der Waals surface area contributed by atoms with Gasteiger partial charge in [-0.1, -0.05) is 11.6 Å². The van der Waals surface area contributed by atoms with Gasteiger partial charge in [0.05, 0.1) is 17.2 Å². The Morgan fingerprint density at radius 3 is 2.94 bits per heavy atom. The zero-order chi connectivity index (χ0) is 12.1. The highest BCUT2D eigenvalue weighted by Gasteiger charge is 2.13. The second-order valence-electron chi connectivity index (χ2n) is 2.99. The van der Waals surface area contributed by atoms with Crippen LogP contribution in [0.4, 0.5) is 4.39 Å². The Kier molecular flexibility index (Phi) is 5.43. The maximum Gasteiger partial charge on any atom is 0.252 e. The normalized spacial score (nSPS) is 10.2. The van der Waals surface area contributed by atoms with Crippen molar-refractivity contribution in [2.75, 3.05) is 20.3 Å². The first kappa shape index (κ1) is 13.7. The van der Waals surface area contributed by atoms with Gasteiger partial charge in [0.2, 0.25) is 0 Å². The van der Waals surface area contributed by atoms with Gasteiger partial charge in [-0.15, -0.1) is 0 Å². The van der Waals surface area contributed by atoms with Crippen molar-refractivity contribution in [2.24, 2.45) is 0 Å². The van der Waals surface area contributed by atoms with Crippen LogP contribution in [-0.2, 0) is 4.74 Å². The SMILES string of the molecule is COCCNC(=O)c1cc(I)c(F)cc1Cl. The van der Waals surface area contributed by atoms with Crippen molar-refractivity contribution in [3.63, 3.8) is 0 Å². The number of hydrogen-bond donors (Lipinski definition) is 1. The van der Waals surface area contributed by atoms with Crippen LogP contribution in [-0.4, -0.2) is 26.2 Å². The lowest BCUT2D eigenvalue weighted by molar-refractivity contribution is 0.0937. The Morgan fingerprint density at radius 2 is 2.31 bits per heavy atom. The minimum absolute atomic E-state index is 0.104. The van der Waals surface area contributed by atoms with Crippen LogP contribution in [0.15, 0.2) is 12.1 Å². The van der Waals surface area contributed by atoms with Crippen molar-refractivity contribution in [2.45, 2.75) is 0 Å². The fourth-order valence-electron chi connectivity index (χ4n) is 1.06. The number of halogens is 3. The highest BCUT2D eigenvalue weighted by Crippen LogP contribution is 2.21. The van der Waals surface area contributed by atoms with Crippen LogP contribution in [0.2, 0.25) is 5.02 Å². The third-order valence-electron chi connectivity index (χ3n) is 1.85. The summed E-state index contributed by atoms with van der Waals surface area (Å²) >= 11 is 7.58. The largest absolute Gasteiger partial charge is 0.383 e. The summed E-state index contributed by atoms with van der Waals surface area (Å²) < 4.78 is 18.2. The number of ether oxygens (including phenoxy) is 1. The Hall–Kier alpha value is -0.400. The van der Waals surface area contributed by atoms with Crippen LogP contribution in [0, 0.1) is 9.39 Å². The Bertz CT molecular complexity index is 401. The molecule has 0 aliphatic carbocycles. The third-order valence-corrected chi connectivity index (χ3v) is 2.99. The van der Waals surface area contributed by atoms with Gasteiger partial charge >= 0.3 is 0 Å². The number of benzene rings is 1. The zero-order valence-corrected chi connectivity index (χ0v) is 11.4. The summed E-state index contributed by atoms with van der Waals surface area (Å²) in [6.45, 7) is 0.807. The van der Waals surface area contributed by atoms with Gasteiger partial charge in [0.25, 0.3) is 5.91 Å². The molecule has 0 atom stereocenters. The lowest BCUT2D eigenvalue weighted by atomic mass is 10.2. The average Bonchev–Trinajstić information content (AvgIpc) is 2.23. The molecule has 1 amide bonds. The van der Waals surface area contributed by atoms with Crippen LogP contribution in [0.1, 0.15) is 10.4 Å². The smallest absolute Gasteiger partial charge is 0.252 e. The van der Waals surface area contributed by atoms with E-state index in [1.807, 2.05) is 0 Å². The number of carbonyl (C=O) groups excluding carboxylic acids is 1. The minimum atomic E-state index is -0.431. The molecule has 1 N–H and O–H groups in total. The molecule has 0 saturated carbocycles. The molecule has 0 aliphatic rings. The average molecular weight is 358 g/mol. The maximum atomic E-state index is 13.1. The van der Waals surface area contributed by atoms with Gasteiger partial charge in [-0.05, 0) is 34.7 Å². The summed E-state index contributed by atoms with van der Waals surface area (Å²) in [5.74, 6) is -0.765. The van der Waals surface area contributed by atoms with E-state index in [4.69, 9.17) is 16.3 Å². The van der Waals surface area contributed by atoms with Crippen LogP contribution in [0.3, 0.4) is 0 Å². The molecule has 1 rings (SSSR count). The van der Waals surface area contributed by atoms with Crippen LogP contribution >= 0.6 is 34.2 Å². The maximum absolute atomic E-state index is 13.1. The number of amides is 1. The molecule has 0 spiro atoms. The quantitative estimate of drug-likeness (QED) is 0.511. The fraction of sp³-hybridized carbons (Fsp3) is 0.300.